The molecule has 3 aliphatic carbocycles. The third-order valence-electron chi connectivity index (χ3n) is 12.5. The number of rotatable bonds is 6. The third kappa shape index (κ3) is 5.22. The smallest absolute Gasteiger partial charge is 0.194 e. The van der Waals surface area contributed by atoms with Crippen molar-refractivity contribution in [2.75, 3.05) is 4.90 Å². The van der Waals surface area contributed by atoms with Gasteiger partial charge in [-0.3, -0.25) is 14.4 Å². The number of carbonyl (C=O) groups is 3. The highest BCUT2D eigenvalue weighted by atomic mass is 16.1. The first-order chi connectivity index (χ1) is 30.0. The van der Waals surface area contributed by atoms with Crippen LogP contribution >= 0.6 is 0 Å². The molecule has 0 saturated carbocycles. The first-order valence-corrected chi connectivity index (χ1v) is 20.5. The molecule has 0 aliphatic heterocycles. The van der Waals surface area contributed by atoms with Crippen LogP contribution in [0, 0.1) is 0 Å². The van der Waals surface area contributed by atoms with Gasteiger partial charge in [0.05, 0.1) is 17.1 Å². The Bertz CT molecular complexity index is 3030. The molecule has 0 heterocycles. The highest BCUT2D eigenvalue weighted by Crippen LogP contribution is 2.50. The van der Waals surface area contributed by atoms with Crippen molar-refractivity contribution in [3.63, 3.8) is 0 Å². The fourth-order valence-corrected chi connectivity index (χ4v) is 9.71. The van der Waals surface area contributed by atoms with Crippen LogP contribution in [0.25, 0.3) is 66.8 Å². The van der Waals surface area contributed by atoms with Gasteiger partial charge >= 0.3 is 0 Å². The van der Waals surface area contributed by atoms with Gasteiger partial charge < -0.3 is 4.90 Å². The van der Waals surface area contributed by atoms with E-state index in [2.05, 4.69) is 77.7 Å². The molecule has 284 valence electrons. The van der Waals surface area contributed by atoms with Crippen LogP contribution in [0.2, 0.25) is 0 Å². The average Bonchev–Trinajstić information content (AvgIpc) is 3.89. The summed E-state index contributed by atoms with van der Waals surface area (Å²) in [5, 5.41) is 0. The molecule has 9 aromatic rings. The molecule has 0 amide bonds. The van der Waals surface area contributed by atoms with Crippen LogP contribution in [0.5, 0.6) is 0 Å². The summed E-state index contributed by atoms with van der Waals surface area (Å²) in [6, 6.07) is 66.9. The van der Waals surface area contributed by atoms with Crippen molar-refractivity contribution in [3.05, 3.63) is 234 Å². The lowest BCUT2D eigenvalue weighted by atomic mass is 9.93. The van der Waals surface area contributed by atoms with Gasteiger partial charge in [-0.2, -0.15) is 0 Å². The van der Waals surface area contributed by atoms with Gasteiger partial charge in [0, 0.05) is 50.1 Å². The van der Waals surface area contributed by atoms with Crippen LogP contribution < -0.4 is 4.90 Å². The minimum atomic E-state index is 0.0269. The summed E-state index contributed by atoms with van der Waals surface area (Å²) in [6.07, 6.45) is 0. The molecule has 12 rings (SSSR count). The van der Waals surface area contributed by atoms with E-state index in [-0.39, 0.29) is 17.3 Å². The topological polar surface area (TPSA) is 54.5 Å². The molecule has 9 aromatic carbocycles. The van der Waals surface area contributed by atoms with Gasteiger partial charge in [-0.25, -0.2) is 0 Å². The average molecular weight is 780 g/mol. The van der Waals surface area contributed by atoms with Gasteiger partial charge in [0.1, 0.15) is 0 Å². The molecule has 3 aliphatic rings. The van der Waals surface area contributed by atoms with E-state index in [4.69, 9.17) is 0 Å². The molecule has 0 atom stereocenters. The Morgan fingerprint density at radius 3 is 0.738 bits per heavy atom. The highest BCUT2D eigenvalue weighted by molar-refractivity contribution is 6.24. The Morgan fingerprint density at radius 1 is 0.213 bits per heavy atom. The van der Waals surface area contributed by atoms with E-state index in [9.17, 15) is 14.4 Å². The van der Waals surface area contributed by atoms with Crippen molar-refractivity contribution in [2.45, 2.75) is 0 Å². The number of hydrogen-bond acceptors (Lipinski definition) is 4. The van der Waals surface area contributed by atoms with Gasteiger partial charge in [0.2, 0.25) is 0 Å². The number of para-hydroxylation sites is 3. The third-order valence-corrected chi connectivity index (χ3v) is 12.5. The minimum absolute atomic E-state index is 0.0269. The largest absolute Gasteiger partial charge is 0.309 e. The van der Waals surface area contributed by atoms with Crippen LogP contribution in [0.15, 0.2) is 200 Å². The number of benzene rings is 9. The van der Waals surface area contributed by atoms with Gasteiger partial charge in [-0.1, -0.05) is 164 Å². The van der Waals surface area contributed by atoms with Crippen LogP contribution in [0.1, 0.15) is 47.8 Å². The molecule has 0 N–H and O–H groups in total. The molecule has 0 saturated heterocycles. The summed E-state index contributed by atoms with van der Waals surface area (Å²) in [5.74, 6) is 0.0808. The quantitative estimate of drug-likeness (QED) is 0.169. The molecule has 0 bridgehead atoms. The maximum absolute atomic E-state index is 13.8. The lowest BCUT2D eigenvalue weighted by Crippen LogP contribution is -2.13. The van der Waals surface area contributed by atoms with Crippen molar-refractivity contribution in [1.82, 2.24) is 0 Å². The number of hydrogen-bond donors (Lipinski definition) is 0. The van der Waals surface area contributed by atoms with Gasteiger partial charge in [-0.15, -0.1) is 0 Å². The second-order valence-electron chi connectivity index (χ2n) is 15.8. The van der Waals surface area contributed by atoms with E-state index in [1.807, 2.05) is 127 Å². The second-order valence-corrected chi connectivity index (χ2v) is 15.8. The zero-order valence-corrected chi connectivity index (χ0v) is 32.7. The van der Waals surface area contributed by atoms with E-state index < -0.39 is 0 Å². The molecular weight excluding hydrogens is 747 g/mol. The predicted molar refractivity (Wildman–Crippen MR) is 244 cm³/mol. The van der Waals surface area contributed by atoms with Crippen molar-refractivity contribution in [3.8, 4) is 66.8 Å². The Labute approximate surface area is 352 Å². The Morgan fingerprint density at radius 2 is 0.443 bits per heavy atom. The van der Waals surface area contributed by atoms with Crippen LogP contribution in [0.3, 0.4) is 0 Å². The molecular formula is C57H33NO3. The Hall–Kier alpha value is -8.21. The molecule has 0 unspecified atom stereocenters. The zero-order valence-electron chi connectivity index (χ0n) is 32.7. The van der Waals surface area contributed by atoms with Gasteiger partial charge in [0.15, 0.2) is 17.3 Å². The van der Waals surface area contributed by atoms with Crippen molar-refractivity contribution < 1.29 is 14.4 Å². The highest BCUT2D eigenvalue weighted by Gasteiger charge is 2.31. The summed E-state index contributed by atoms with van der Waals surface area (Å²) in [4.78, 5) is 43.8. The predicted octanol–water partition coefficient (Wildman–Crippen LogP) is 13.8. The minimum Gasteiger partial charge on any atom is -0.309 e. The molecule has 61 heavy (non-hydrogen) atoms. The first kappa shape index (κ1) is 34.8. The second kappa shape index (κ2) is 13.4. The lowest BCUT2D eigenvalue weighted by Gasteiger charge is -2.31. The first-order valence-electron chi connectivity index (χ1n) is 20.5. The SMILES string of the molecule is O=C1c2ccccc2-c2ccc(-c3ccccc3N(c3ccccc3-c3ccc4c(c3)C(=O)c3ccccc3-4)c3ccccc3-c3ccc4c(c3)C(=O)c3ccccc3-4)cc21. The van der Waals surface area contributed by atoms with E-state index in [0.717, 1.165) is 101 Å². The summed E-state index contributed by atoms with van der Waals surface area (Å²) in [5.41, 5.74) is 18.2. The number of nitrogens with zero attached hydrogens (tertiary/aromatic N) is 1. The van der Waals surface area contributed by atoms with Crippen molar-refractivity contribution in [1.29, 1.82) is 0 Å². The molecule has 0 spiro atoms. The Kier molecular flexibility index (Phi) is 7.65. The fraction of sp³-hybridized carbons (Fsp3) is 0. The van der Waals surface area contributed by atoms with E-state index in [0.29, 0.717) is 16.7 Å². The van der Waals surface area contributed by atoms with Crippen LogP contribution in [-0.2, 0) is 0 Å². The molecule has 4 heteroatoms. The van der Waals surface area contributed by atoms with E-state index in [1.165, 1.54) is 0 Å². The summed E-state index contributed by atoms with van der Waals surface area (Å²) in [6.45, 7) is 0. The molecule has 0 aromatic heterocycles. The van der Waals surface area contributed by atoms with Gasteiger partial charge in [0.25, 0.3) is 0 Å². The van der Waals surface area contributed by atoms with Crippen molar-refractivity contribution >= 4 is 34.4 Å². The fourth-order valence-electron chi connectivity index (χ4n) is 9.71. The zero-order chi connectivity index (χ0) is 40.8. The summed E-state index contributed by atoms with van der Waals surface area (Å²) < 4.78 is 0. The van der Waals surface area contributed by atoms with Gasteiger partial charge in [-0.05, 0) is 86.5 Å². The normalized spacial score (nSPS) is 12.7. The standard InChI is InChI=1S/C57H33NO3/c59-55-46-19-4-1-16-40(46)43-28-25-34(31-49(43)55)37-13-7-10-22-52(37)58(53-23-11-8-14-38(53)35-26-29-44-41-17-2-5-20-47(41)56(60)50(44)32-35)54-24-12-9-15-39(54)36-27-30-45-42-18-3-6-21-48(42)57(61)51(45)33-36/h1-33H. The molecule has 0 fully saturated rings. The Balaban J connectivity index is 1.07. The molecule has 4 nitrogen and oxygen atoms in total. The maximum Gasteiger partial charge on any atom is 0.194 e. The summed E-state index contributed by atoms with van der Waals surface area (Å²) in [7, 11) is 0. The number of anilines is 3. The van der Waals surface area contributed by atoms with Crippen LogP contribution in [-0.4, -0.2) is 17.3 Å². The maximum atomic E-state index is 13.8. The summed E-state index contributed by atoms with van der Waals surface area (Å²) >= 11 is 0. The number of ketones is 3. The molecule has 0 radical (unpaired) electrons. The van der Waals surface area contributed by atoms with E-state index >= 15 is 0 Å². The van der Waals surface area contributed by atoms with Crippen LogP contribution in [0.4, 0.5) is 17.1 Å². The monoisotopic (exact) mass is 779 g/mol. The van der Waals surface area contributed by atoms with E-state index in [1.54, 1.807) is 0 Å². The van der Waals surface area contributed by atoms with Crippen molar-refractivity contribution in [2.24, 2.45) is 0 Å². The lowest BCUT2D eigenvalue weighted by molar-refractivity contribution is 0.103. The number of fused-ring (bicyclic) bond motifs is 9. The number of carbonyl (C=O) groups excluding carboxylic acids is 3.